The molecule has 0 fully saturated rings. The van der Waals surface area contributed by atoms with E-state index in [-0.39, 0.29) is 0 Å². The van der Waals surface area contributed by atoms with E-state index in [0.717, 1.165) is 54.8 Å². The molecule has 0 radical (unpaired) electrons. The number of para-hydroxylation sites is 1. The molecule has 0 aliphatic carbocycles. The highest BCUT2D eigenvalue weighted by molar-refractivity contribution is 6.14. The molecule has 0 aliphatic heterocycles. The lowest BCUT2D eigenvalue weighted by molar-refractivity contribution is 0.670. The molecule has 2 heterocycles. The molecule has 0 bridgehead atoms. The van der Waals surface area contributed by atoms with Gasteiger partial charge in [0.25, 0.3) is 0 Å². The SMILES string of the molecule is c1ccc(-c2nc(-c3cc4ccccc4c4ccccc34)nc(-c3cccc4c3oc3cc5ccccc5cc34)n2)cc1. The van der Waals surface area contributed by atoms with Crippen LogP contribution in [-0.4, -0.2) is 15.0 Å². The smallest absolute Gasteiger partial charge is 0.167 e. The number of benzene rings is 7. The van der Waals surface area contributed by atoms with Crippen molar-refractivity contribution >= 4 is 54.3 Å². The molecule has 4 nitrogen and oxygen atoms in total. The quantitative estimate of drug-likeness (QED) is 0.206. The number of rotatable bonds is 3. The molecule has 0 amide bonds. The topological polar surface area (TPSA) is 51.8 Å². The molecule has 2 aromatic heterocycles. The van der Waals surface area contributed by atoms with E-state index in [1.807, 2.05) is 36.4 Å². The molecule has 0 aliphatic rings. The van der Waals surface area contributed by atoms with Crippen molar-refractivity contribution in [2.45, 2.75) is 0 Å². The van der Waals surface area contributed by atoms with Crippen LogP contribution in [-0.2, 0) is 0 Å². The van der Waals surface area contributed by atoms with Gasteiger partial charge in [-0.3, -0.25) is 0 Å². The third-order valence-corrected chi connectivity index (χ3v) is 8.28. The van der Waals surface area contributed by atoms with E-state index in [4.69, 9.17) is 19.4 Å². The molecule has 0 saturated carbocycles. The van der Waals surface area contributed by atoms with Gasteiger partial charge in [0.2, 0.25) is 0 Å². The van der Waals surface area contributed by atoms with Crippen LogP contribution < -0.4 is 0 Å². The Labute approximate surface area is 246 Å². The lowest BCUT2D eigenvalue weighted by atomic mass is 9.97. The number of aromatic nitrogens is 3. The third-order valence-electron chi connectivity index (χ3n) is 8.28. The minimum absolute atomic E-state index is 0.579. The Morgan fingerprint density at radius 1 is 0.372 bits per heavy atom. The van der Waals surface area contributed by atoms with E-state index >= 15 is 0 Å². The van der Waals surface area contributed by atoms with Crippen LogP contribution >= 0.6 is 0 Å². The fourth-order valence-corrected chi connectivity index (χ4v) is 6.23. The van der Waals surface area contributed by atoms with Crippen molar-refractivity contribution in [2.75, 3.05) is 0 Å². The number of furan rings is 1. The summed E-state index contributed by atoms with van der Waals surface area (Å²) < 4.78 is 6.56. The number of hydrogen-bond donors (Lipinski definition) is 0. The predicted molar refractivity (Wildman–Crippen MR) is 176 cm³/mol. The van der Waals surface area contributed by atoms with Crippen molar-refractivity contribution < 1.29 is 4.42 Å². The fourth-order valence-electron chi connectivity index (χ4n) is 6.23. The lowest BCUT2D eigenvalue weighted by Gasteiger charge is -2.12. The Morgan fingerprint density at radius 3 is 1.79 bits per heavy atom. The number of fused-ring (bicyclic) bond motifs is 7. The Morgan fingerprint density at radius 2 is 0.977 bits per heavy atom. The van der Waals surface area contributed by atoms with Gasteiger partial charge in [0.1, 0.15) is 11.2 Å². The van der Waals surface area contributed by atoms with Crippen molar-refractivity contribution in [2.24, 2.45) is 0 Å². The Balaban J connectivity index is 1.34. The van der Waals surface area contributed by atoms with Gasteiger partial charge in [0, 0.05) is 21.9 Å². The van der Waals surface area contributed by atoms with Gasteiger partial charge in [-0.15, -0.1) is 0 Å². The van der Waals surface area contributed by atoms with Gasteiger partial charge in [-0.05, 0) is 56.6 Å². The van der Waals surface area contributed by atoms with E-state index in [1.165, 1.54) is 16.2 Å². The summed E-state index contributed by atoms with van der Waals surface area (Å²) in [7, 11) is 0. The highest BCUT2D eigenvalue weighted by Crippen LogP contribution is 2.39. The van der Waals surface area contributed by atoms with Crippen molar-refractivity contribution in [3.05, 3.63) is 140 Å². The van der Waals surface area contributed by atoms with Gasteiger partial charge in [-0.1, -0.05) is 115 Å². The highest BCUT2D eigenvalue weighted by atomic mass is 16.3. The Bertz CT molecular complexity index is 2510. The first-order valence-electron chi connectivity index (χ1n) is 14.4. The maximum absolute atomic E-state index is 6.56. The summed E-state index contributed by atoms with van der Waals surface area (Å²) in [5.74, 6) is 1.83. The second-order valence-electron chi connectivity index (χ2n) is 10.8. The second-order valence-corrected chi connectivity index (χ2v) is 10.8. The molecule has 200 valence electrons. The first kappa shape index (κ1) is 23.8. The summed E-state index contributed by atoms with van der Waals surface area (Å²) in [6.07, 6.45) is 0. The molecule has 0 atom stereocenters. The van der Waals surface area contributed by atoms with Crippen molar-refractivity contribution in [1.29, 1.82) is 0 Å². The molecule has 0 spiro atoms. The van der Waals surface area contributed by atoms with Gasteiger partial charge in [-0.2, -0.15) is 0 Å². The number of hydrogen-bond acceptors (Lipinski definition) is 4. The van der Waals surface area contributed by atoms with Crippen molar-refractivity contribution in [3.63, 3.8) is 0 Å². The molecule has 0 unspecified atom stereocenters. The summed E-state index contributed by atoms with van der Waals surface area (Å²) in [5, 5.41) is 9.07. The maximum Gasteiger partial charge on any atom is 0.167 e. The Hall–Kier alpha value is -5.87. The van der Waals surface area contributed by atoms with Gasteiger partial charge in [0.15, 0.2) is 17.5 Å². The third kappa shape index (κ3) is 3.81. The molecule has 9 aromatic rings. The average Bonchev–Trinajstić information content (AvgIpc) is 3.44. The molecule has 43 heavy (non-hydrogen) atoms. The largest absolute Gasteiger partial charge is 0.455 e. The zero-order valence-electron chi connectivity index (χ0n) is 23.0. The van der Waals surface area contributed by atoms with Crippen LogP contribution in [0, 0.1) is 0 Å². The minimum Gasteiger partial charge on any atom is -0.455 e. The summed E-state index contributed by atoms with van der Waals surface area (Å²) >= 11 is 0. The monoisotopic (exact) mass is 549 g/mol. The van der Waals surface area contributed by atoms with Crippen LogP contribution in [0.25, 0.3) is 88.4 Å². The van der Waals surface area contributed by atoms with Gasteiger partial charge in [0.05, 0.1) is 5.56 Å². The van der Waals surface area contributed by atoms with E-state index in [9.17, 15) is 0 Å². The van der Waals surface area contributed by atoms with Crippen LogP contribution in [0.1, 0.15) is 0 Å². The standard InChI is InChI=1S/C39H23N3O/c1-2-11-24(12-3-1)37-40-38(32-20-10-19-31-33-21-25-13-4-5-14-26(25)23-35(33)43-36(31)32)42-39(41-37)34-22-27-15-6-7-16-28(27)29-17-8-9-18-30(29)34/h1-23H. The zero-order chi connectivity index (χ0) is 28.3. The molecule has 9 rings (SSSR count). The molecule has 0 N–H and O–H groups in total. The zero-order valence-corrected chi connectivity index (χ0v) is 23.0. The second kappa shape index (κ2) is 9.33. The molecule has 0 saturated heterocycles. The van der Waals surface area contributed by atoms with Gasteiger partial charge >= 0.3 is 0 Å². The van der Waals surface area contributed by atoms with Crippen LogP contribution in [0.4, 0.5) is 0 Å². The first-order valence-corrected chi connectivity index (χ1v) is 14.4. The van der Waals surface area contributed by atoms with Crippen LogP contribution in [0.3, 0.4) is 0 Å². The molecular weight excluding hydrogens is 526 g/mol. The fraction of sp³-hybridized carbons (Fsp3) is 0. The van der Waals surface area contributed by atoms with Crippen LogP contribution in [0.5, 0.6) is 0 Å². The summed E-state index contributed by atoms with van der Waals surface area (Å²) in [5.41, 5.74) is 4.36. The molecule has 4 heteroatoms. The van der Waals surface area contributed by atoms with E-state index in [0.29, 0.717) is 17.5 Å². The van der Waals surface area contributed by atoms with Crippen LogP contribution in [0.15, 0.2) is 144 Å². The van der Waals surface area contributed by atoms with Crippen molar-refractivity contribution in [3.8, 4) is 34.2 Å². The average molecular weight is 550 g/mol. The van der Waals surface area contributed by atoms with Gasteiger partial charge in [-0.25, -0.2) is 15.0 Å². The normalized spacial score (nSPS) is 11.7. The highest BCUT2D eigenvalue weighted by Gasteiger charge is 2.19. The van der Waals surface area contributed by atoms with E-state index in [1.54, 1.807) is 0 Å². The van der Waals surface area contributed by atoms with Crippen molar-refractivity contribution in [1.82, 2.24) is 15.0 Å². The summed E-state index contributed by atoms with van der Waals surface area (Å²) in [6.45, 7) is 0. The summed E-state index contributed by atoms with van der Waals surface area (Å²) in [4.78, 5) is 15.2. The van der Waals surface area contributed by atoms with E-state index in [2.05, 4.69) is 103 Å². The predicted octanol–water partition coefficient (Wildman–Crippen LogP) is 10.2. The Kier molecular flexibility index (Phi) is 5.16. The number of nitrogens with zero attached hydrogens (tertiary/aromatic N) is 3. The molecule has 7 aromatic carbocycles. The van der Waals surface area contributed by atoms with E-state index < -0.39 is 0 Å². The molecular formula is C39H23N3O. The summed E-state index contributed by atoms with van der Waals surface area (Å²) in [6, 6.07) is 48.1. The first-order chi connectivity index (χ1) is 21.3. The van der Waals surface area contributed by atoms with Crippen LogP contribution in [0.2, 0.25) is 0 Å². The lowest BCUT2D eigenvalue weighted by Crippen LogP contribution is -2.01. The minimum atomic E-state index is 0.579. The maximum atomic E-state index is 6.56. The van der Waals surface area contributed by atoms with Gasteiger partial charge < -0.3 is 4.42 Å².